The van der Waals surface area contributed by atoms with Crippen molar-refractivity contribution in [2.75, 3.05) is 26.2 Å². The number of likely N-dealkylation sites (tertiary alicyclic amines) is 1. The Labute approximate surface area is 98.3 Å². The van der Waals surface area contributed by atoms with Crippen LogP contribution in [0.5, 0.6) is 0 Å². The molecule has 1 saturated heterocycles. The molecule has 2 bridgehead atoms. The smallest absolute Gasteiger partial charge is 0.0471 e. The molecule has 0 unspecified atom stereocenters. The van der Waals surface area contributed by atoms with Crippen molar-refractivity contribution in [2.24, 2.45) is 23.7 Å². The van der Waals surface area contributed by atoms with Crippen molar-refractivity contribution in [1.29, 1.82) is 0 Å². The number of fused-ring (bicyclic) bond motifs is 2. The molecule has 3 aliphatic rings. The van der Waals surface area contributed by atoms with Gasteiger partial charge in [-0.3, -0.25) is 0 Å². The normalized spacial score (nSPS) is 43.1. The molecule has 1 N–H and O–H groups in total. The van der Waals surface area contributed by atoms with Crippen LogP contribution in [0.3, 0.4) is 0 Å². The van der Waals surface area contributed by atoms with E-state index in [-0.39, 0.29) is 0 Å². The lowest BCUT2D eigenvalue weighted by Gasteiger charge is -2.34. The van der Waals surface area contributed by atoms with Crippen LogP contribution < -0.4 is 0 Å². The fourth-order valence-corrected chi connectivity index (χ4v) is 3.90. The number of allylic oxidation sites excluding steroid dienone is 2. The maximum Gasteiger partial charge on any atom is 0.0471 e. The van der Waals surface area contributed by atoms with E-state index in [2.05, 4.69) is 17.1 Å². The van der Waals surface area contributed by atoms with Gasteiger partial charge in [-0.25, -0.2) is 0 Å². The molecule has 4 atom stereocenters. The maximum atomic E-state index is 9.24. The van der Waals surface area contributed by atoms with Crippen LogP contribution in [0, 0.1) is 23.7 Å². The Morgan fingerprint density at radius 3 is 2.88 bits per heavy atom. The third-order valence-corrected chi connectivity index (χ3v) is 4.77. The SMILES string of the molecule is OC[C@H]1CCCN(C[C@H]2C[C@H]3C=C[C@H]2C3)C1. The Bertz CT molecular complexity index is 276. The number of aliphatic hydroxyl groups is 1. The summed E-state index contributed by atoms with van der Waals surface area (Å²) in [4.78, 5) is 2.60. The molecule has 0 spiro atoms. The van der Waals surface area contributed by atoms with Crippen molar-refractivity contribution in [3.8, 4) is 0 Å². The summed E-state index contributed by atoms with van der Waals surface area (Å²) in [5.41, 5.74) is 0. The van der Waals surface area contributed by atoms with Gasteiger partial charge in [0, 0.05) is 19.7 Å². The summed E-state index contributed by atoms with van der Waals surface area (Å²) < 4.78 is 0. The van der Waals surface area contributed by atoms with Crippen LogP contribution in [0.15, 0.2) is 12.2 Å². The summed E-state index contributed by atoms with van der Waals surface area (Å²) in [7, 11) is 0. The third-order valence-electron chi connectivity index (χ3n) is 4.77. The van der Waals surface area contributed by atoms with Crippen LogP contribution in [0.25, 0.3) is 0 Å². The van der Waals surface area contributed by atoms with Crippen LogP contribution in [0.1, 0.15) is 25.7 Å². The highest BCUT2D eigenvalue weighted by molar-refractivity contribution is 5.10. The van der Waals surface area contributed by atoms with Crippen molar-refractivity contribution in [3.05, 3.63) is 12.2 Å². The third kappa shape index (κ3) is 2.05. The number of nitrogens with zero attached hydrogens (tertiary/aromatic N) is 1. The zero-order chi connectivity index (χ0) is 11.0. The van der Waals surface area contributed by atoms with Crippen molar-refractivity contribution in [1.82, 2.24) is 4.90 Å². The van der Waals surface area contributed by atoms with E-state index in [0.29, 0.717) is 12.5 Å². The molecule has 90 valence electrons. The summed E-state index contributed by atoms with van der Waals surface area (Å²) in [6.45, 7) is 4.05. The molecule has 2 fully saturated rings. The summed E-state index contributed by atoms with van der Waals surface area (Å²) in [5.74, 6) is 3.23. The highest BCUT2D eigenvalue weighted by Crippen LogP contribution is 2.43. The van der Waals surface area contributed by atoms with E-state index in [4.69, 9.17) is 0 Å². The van der Waals surface area contributed by atoms with Crippen LogP contribution in [0.2, 0.25) is 0 Å². The average molecular weight is 221 g/mol. The molecular weight excluding hydrogens is 198 g/mol. The Kier molecular flexibility index (Phi) is 3.03. The van der Waals surface area contributed by atoms with Gasteiger partial charge in [-0.2, -0.15) is 0 Å². The fourth-order valence-electron chi connectivity index (χ4n) is 3.90. The largest absolute Gasteiger partial charge is 0.396 e. The predicted octanol–water partition coefficient (Wildman–Crippen LogP) is 1.90. The number of hydrogen-bond acceptors (Lipinski definition) is 2. The van der Waals surface area contributed by atoms with Crippen molar-refractivity contribution in [2.45, 2.75) is 25.7 Å². The lowest BCUT2D eigenvalue weighted by molar-refractivity contribution is 0.104. The second kappa shape index (κ2) is 4.50. The zero-order valence-corrected chi connectivity index (χ0v) is 10.0. The van der Waals surface area contributed by atoms with Crippen molar-refractivity contribution >= 4 is 0 Å². The van der Waals surface area contributed by atoms with Crippen molar-refractivity contribution < 1.29 is 5.11 Å². The number of piperidine rings is 1. The topological polar surface area (TPSA) is 23.5 Å². The summed E-state index contributed by atoms with van der Waals surface area (Å²) in [5, 5.41) is 9.24. The fraction of sp³-hybridized carbons (Fsp3) is 0.857. The number of rotatable bonds is 3. The molecule has 0 aromatic rings. The summed E-state index contributed by atoms with van der Waals surface area (Å²) >= 11 is 0. The van der Waals surface area contributed by atoms with E-state index >= 15 is 0 Å². The molecule has 1 saturated carbocycles. The molecule has 2 aliphatic carbocycles. The zero-order valence-electron chi connectivity index (χ0n) is 10.0. The van der Waals surface area contributed by atoms with Gasteiger partial charge in [-0.05, 0) is 55.9 Å². The van der Waals surface area contributed by atoms with Crippen LogP contribution in [-0.2, 0) is 0 Å². The van der Waals surface area contributed by atoms with Gasteiger partial charge >= 0.3 is 0 Å². The lowest BCUT2D eigenvalue weighted by Crippen LogP contribution is -2.40. The van der Waals surface area contributed by atoms with Gasteiger partial charge in [0.1, 0.15) is 0 Å². The van der Waals surface area contributed by atoms with Gasteiger partial charge < -0.3 is 10.0 Å². The van der Waals surface area contributed by atoms with Gasteiger partial charge in [0.2, 0.25) is 0 Å². The van der Waals surface area contributed by atoms with E-state index in [0.717, 1.165) is 24.3 Å². The summed E-state index contributed by atoms with van der Waals surface area (Å²) in [6, 6.07) is 0. The Hall–Kier alpha value is -0.340. The van der Waals surface area contributed by atoms with Crippen LogP contribution in [-0.4, -0.2) is 36.2 Å². The van der Waals surface area contributed by atoms with E-state index in [1.54, 1.807) is 0 Å². The molecule has 2 heteroatoms. The standard InChI is InChI=1S/C14H23NO/c16-10-12-2-1-5-15(8-12)9-14-7-11-3-4-13(14)6-11/h3-4,11-14,16H,1-2,5-10H2/t11-,12-,13-,14+/m0/s1. The number of hydrogen-bond donors (Lipinski definition) is 1. The first-order valence-corrected chi connectivity index (χ1v) is 6.86. The van der Waals surface area contributed by atoms with E-state index in [1.165, 1.54) is 38.8 Å². The van der Waals surface area contributed by atoms with Gasteiger partial charge in [-0.1, -0.05) is 12.2 Å². The second-order valence-electron chi connectivity index (χ2n) is 5.99. The second-order valence-corrected chi connectivity index (χ2v) is 5.99. The van der Waals surface area contributed by atoms with Gasteiger partial charge in [0.05, 0.1) is 0 Å². The minimum absolute atomic E-state index is 0.382. The van der Waals surface area contributed by atoms with E-state index in [1.807, 2.05) is 0 Å². The van der Waals surface area contributed by atoms with Gasteiger partial charge in [-0.15, -0.1) is 0 Å². The molecule has 16 heavy (non-hydrogen) atoms. The maximum absolute atomic E-state index is 9.24. The molecule has 1 aliphatic heterocycles. The summed E-state index contributed by atoms with van der Waals surface area (Å²) in [6.07, 6.45) is 10.2. The minimum atomic E-state index is 0.382. The van der Waals surface area contributed by atoms with Crippen molar-refractivity contribution in [3.63, 3.8) is 0 Å². The Morgan fingerprint density at radius 1 is 1.25 bits per heavy atom. The lowest BCUT2D eigenvalue weighted by atomic mass is 9.91. The Balaban J connectivity index is 1.53. The highest BCUT2D eigenvalue weighted by atomic mass is 16.3. The number of aliphatic hydroxyl groups excluding tert-OH is 1. The molecule has 0 aromatic carbocycles. The van der Waals surface area contributed by atoms with Gasteiger partial charge in [0.25, 0.3) is 0 Å². The quantitative estimate of drug-likeness (QED) is 0.736. The molecule has 2 nitrogen and oxygen atoms in total. The van der Waals surface area contributed by atoms with Crippen LogP contribution in [0.4, 0.5) is 0 Å². The van der Waals surface area contributed by atoms with E-state index in [9.17, 15) is 5.11 Å². The Morgan fingerprint density at radius 2 is 2.19 bits per heavy atom. The molecule has 0 radical (unpaired) electrons. The molecule has 1 heterocycles. The highest BCUT2D eigenvalue weighted by Gasteiger charge is 2.36. The first kappa shape index (κ1) is 10.8. The monoisotopic (exact) mass is 221 g/mol. The molecular formula is C14H23NO. The van der Waals surface area contributed by atoms with E-state index < -0.39 is 0 Å². The van der Waals surface area contributed by atoms with Crippen LogP contribution >= 0.6 is 0 Å². The average Bonchev–Trinajstić information content (AvgIpc) is 2.91. The first-order chi connectivity index (χ1) is 7.85. The first-order valence-electron chi connectivity index (χ1n) is 6.86. The molecule has 0 amide bonds. The molecule has 3 rings (SSSR count). The molecule has 0 aromatic heterocycles. The minimum Gasteiger partial charge on any atom is -0.396 e. The van der Waals surface area contributed by atoms with Gasteiger partial charge in [0.15, 0.2) is 0 Å². The predicted molar refractivity (Wildman–Crippen MR) is 65.1 cm³/mol.